The fraction of sp³-hybridized carbons (Fsp3) is 0.357. The van der Waals surface area contributed by atoms with Crippen molar-refractivity contribution in [2.24, 2.45) is 0 Å². The van der Waals surface area contributed by atoms with Crippen molar-refractivity contribution in [3.05, 3.63) is 125 Å². The van der Waals surface area contributed by atoms with Gasteiger partial charge in [-0.05, 0) is 59.6 Å². The van der Waals surface area contributed by atoms with E-state index in [2.05, 4.69) is 10.3 Å². The average Bonchev–Trinajstić information content (AvgIpc) is 3.09. The molecule has 0 saturated heterocycles. The molecule has 0 bridgehead atoms. The Morgan fingerprint density at radius 3 is 1.71 bits per heavy atom. The predicted octanol–water partition coefficient (Wildman–Crippen LogP) is 7.84. The Morgan fingerprint density at radius 1 is 0.727 bits per heavy atom. The zero-order valence-electron chi connectivity index (χ0n) is 32.0. The Kier molecular flexibility index (Phi) is 12.9. The molecule has 55 heavy (non-hydrogen) atoms. The summed E-state index contributed by atoms with van der Waals surface area (Å²) < 4.78 is 67.1. The van der Waals surface area contributed by atoms with Gasteiger partial charge in [-0.25, -0.2) is 14.4 Å². The van der Waals surface area contributed by atoms with Crippen LogP contribution >= 0.6 is 0 Å². The molecule has 1 aromatic heterocycles. The van der Waals surface area contributed by atoms with Crippen molar-refractivity contribution in [1.29, 1.82) is 0 Å². The summed E-state index contributed by atoms with van der Waals surface area (Å²) in [6, 6.07) is 21.2. The second-order valence-electron chi connectivity index (χ2n) is 14.7. The van der Waals surface area contributed by atoms with Gasteiger partial charge in [-0.2, -0.15) is 13.2 Å². The van der Waals surface area contributed by atoms with E-state index in [0.29, 0.717) is 11.1 Å². The summed E-state index contributed by atoms with van der Waals surface area (Å²) in [6.45, 7) is 11.1. The number of carbonyl (C=O) groups is 4. The molecule has 4 rings (SSSR count). The number of hydrogen-bond donors (Lipinski definition) is 1. The molecule has 1 heterocycles. The highest BCUT2D eigenvalue weighted by molar-refractivity contribution is 6.07. The lowest BCUT2D eigenvalue weighted by atomic mass is 9.89. The lowest BCUT2D eigenvalue weighted by Gasteiger charge is -2.34. The first-order valence-corrected chi connectivity index (χ1v) is 17.4. The highest BCUT2D eigenvalue weighted by Crippen LogP contribution is 2.42. The third kappa shape index (κ3) is 10.2. The van der Waals surface area contributed by atoms with E-state index in [1.54, 1.807) is 102 Å². The number of nitrogens with one attached hydrogen (secondary N) is 1. The van der Waals surface area contributed by atoms with Crippen molar-refractivity contribution in [3.63, 3.8) is 0 Å². The molecule has 0 spiro atoms. The van der Waals surface area contributed by atoms with Gasteiger partial charge < -0.3 is 24.3 Å². The molecule has 0 aliphatic heterocycles. The molecular formula is C42H45F3N2O8. The number of nitrogens with zero attached hydrogens (tertiary/aromatic N) is 1. The number of pyridine rings is 1. The van der Waals surface area contributed by atoms with E-state index < -0.39 is 64.8 Å². The van der Waals surface area contributed by atoms with Crippen LogP contribution in [0.15, 0.2) is 91.0 Å². The maximum atomic E-state index is 15.0. The standard InChI is InChI=1S/C42H45F3N2O8/c1-26-32(36(49)54-39(2,3)4)33(28-20-14-10-15-21-28)34(37(50)55-40(5,6)7)30(46-26)24-31(35(48)53-25-27-18-12-9-13-19-27)47-38(51)41(52-8,42(43,44)45)29-22-16-11-17-23-29/h9-23,31H,24-25H2,1-8H3,(H,47,51)/t31-,41+/m0/s1. The molecule has 292 valence electrons. The van der Waals surface area contributed by atoms with Crippen molar-refractivity contribution >= 4 is 23.8 Å². The van der Waals surface area contributed by atoms with Gasteiger partial charge in [0.15, 0.2) is 0 Å². The number of esters is 3. The van der Waals surface area contributed by atoms with E-state index in [1.807, 2.05) is 0 Å². The summed E-state index contributed by atoms with van der Waals surface area (Å²) in [6.07, 6.45) is -5.98. The number of hydrogen-bond acceptors (Lipinski definition) is 9. The number of benzene rings is 3. The highest BCUT2D eigenvalue weighted by Gasteiger charge is 2.63. The maximum absolute atomic E-state index is 15.0. The number of halogens is 3. The Labute approximate surface area is 318 Å². The van der Waals surface area contributed by atoms with Gasteiger partial charge >= 0.3 is 24.1 Å². The van der Waals surface area contributed by atoms with Crippen molar-refractivity contribution in [2.45, 2.75) is 90.5 Å². The van der Waals surface area contributed by atoms with E-state index >= 15 is 0 Å². The summed E-state index contributed by atoms with van der Waals surface area (Å²) in [4.78, 5) is 60.7. The van der Waals surface area contributed by atoms with Gasteiger partial charge in [-0.1, -0.05) is 91.0 Å². The van der Waals surface area contributed by atoms with Crippen LogP contribution in [0.1, 0.15) is 84.8 Å². The average molecular weight is 763 g/mol. The number of ether oxygens (including phenoxy) is 4. The minimum absolute atomic E-state index is 0.0557. The molecule has 13 heteroatoms. The zero-order chi connectivity index (χ0) is 40.8. The molecule has 0 unspecified atom stereocenters. The SMILES string of the molecule is CO[C@@](C(=O)N[C@@H](Cc1nc(C)c(C(=O)OC(C)(C)C)c(-c2ccccc2)c1C(=O)OC(C)(C)C)C(=O)OCc1ccccc1)(c1ccccc1)C(F)(F)F. The summed E-state index contributed by atoms with van der Waals surface area (Å²) >= 11 is 0. The second kappa shape index (κ2) is 16.8. The monoisotopic (exact) mass is 762 g/mol. The summed E-state index contributed by atoms with van der Waals surface area (Å²) in [7, 11) is 0.732. The quantitative estimate of drug-likeness (QED) is 0.113. The van der Waals surface area contributed by atoms with E-state index in [-0.39, 0.29) is 34.7 Å². The fourth-order valence-electron chi connectivity index (χ4n) is 5.83. The van der Waals surface area contributed by atoms with E-state index in [0.717, 1.165) is 19.2 Å². The lowest BCUT2D eigenvalue weighted by Crippen LogP contribution is -2.59. The van der Waals surface area contributed by atoms with E-state index in [1.165, 1.54) is 25.1 Å². The Morgan fingerprint density at radius 2 is 1.22 bits per heavy atom. The number of aryl methyl sites for hydroxylation is 1. The van der Waals surface area contributed by atoms with Crippen molar-refractivity contribution in [2.75, 3.05) is 7.11 Å². The van der Waals surface area contributed by atoms with Crippen LogP contribution in [-0.4, -0.2) is 59.3 Å². The zero-order valence-corrected chi connectivity index (χ0v) is 32.0. The highest BCUT2D eigenvalue weighted by atomic mass is 19.4. The Bertz CT molecular complexity index is 1990. The van der Waals surface area contributed by atoms with Crippen molar-refractivity contribution in [3.8, 4) is 11.1 Å². The summed E-state index contributed by atoms with van der Waals surface area (Å²) in [5.74, 6) is -4.62. The normalized spacial score (nSPS) is 13.6. The van der Waals surface area contributed by atoms with Crippen LogP contribution in [0.2, 0.25) is 0 Å². The smallest absolute Gasteiger partial charge is 0.430 e. The molecule has 2 atom stereocenters. The van der Waals surface area contributed by atoms with Crippen molar-refractivity contribution < 1.29 is 51.3 Å². The molecular weight excluding hydrogens is 717 g/mol. The minimum atomic E-state index is -5.31. The van der Waals surface area contributed by atoms with Crippen LogP contribution in [0.5, 0.6) is 0 Å². The van der Waals surface area contributed by atoms with Gasteiger partial charge in [-0.15, -0.1) is 0 Å². The minimum Gasteiger partial charge on any atom is -0.459 e. The van der Waals surface area contributed by atoms with Crippen LogP contribution in [0.3, 0.4) is 0 Å². The number of alkyl halides is 3. The summed E-state index contributed by atoms with van der Waals surface area (Å²) in [5.41, 5.74) is -5.57. The summed E-state index contributed by atoms with van der Waals surface area (Å²) in [5, 5.41) is 2.22. The first-order valence-electron chi connectivity index (χ1n) is 17.4. The van der Waals surface area contributed by atoms with Crippen LogP contribution in [-0.2, 0) is 47.2 Å². The molecule has 0 radical (unpaired) electrons. The van der Waals surface area contributed by atoms with Gasteiger partial charge in [-0.3, -0.25) is 9.78 Å². The Hall–Kier alpha value is -5.56. The second-order valence-corrected chi connectivity index (χ2v) is 14.7. The molecule has 1 amide bonds. The third-order valence-electron chi connectivity index (χ3n) is 8.14. The van der Waals surface area contributed by atoms with Crippen LogP contribution in [0.25, 0.3) is 11.1 Å². The number of aromatic nitrogens is 1. The molecule has 0 aliphatic rings. The third-order valence-corrected chi connectivity index (χ3v) is 8.14. The van der Waals surface area contributed by atoms with Gasteiger partial charge in [0, 0.05) is 24.7 Å². The number of methoxy groups -OCH3 is 1. The molecule has 4 aromatic rings. The van der Waals surface area contributed by atoms with Crippen LogP contribution in [0, 0.1) is 6.92 Å². The molecule has 1 N–H and O–H groups in total. The predicted molar refractivity (Wildman–Crippen MR) is 198 cm³/mol. The van der Waals surface area contributed by atoms with Crippen LogP contribution < -0.4 is 5.32 Å². The van der Waals surface area contributed by atoms with E-state index in [9.17, 15) is 32.3 Å². The fourth-order valence-corrected chi connectivity index (χ4v) is 5.83. The van der Waals surface area contributed by atoms with Gasteiger partial charge in [0.2, 0.25) is 0 Å². The Balaban J connectivity index is 1.97. The molecule has 3 aromatic carbocycles. The molecule has 10 nitrogen and oxygen atoms in total. The van der Waals surface area contributed by atoms with Gasteiger partial charge in [0.05, 0.1) is 22.5 Å². The number of carbonyl (C=O) groups excluding carboxylic acids is 4. The lowest BCUT2D eigenvalue weighted by molar-refractivity contribution is -0.266. The number of amides is 1. The van der Waals surface area contributed by atoms with Crippen molar-refractivity contribution in [1.82, 2.24) is 10.3 Å². The first kappa shape index (κ1) is 42.2. The van der Waals surface area contributed by atoms with Gasteiger partial charge in [0.25, 0.3) is 11.5 Å². The number of rotatable bonds is 12. The molecule has 0 aliphatic carbocycles. The van der Waals surface area contributed by atoms with E-state index in [4.69, 9.17) is 18.9 Å². The largest absolute Gasteiger partial charge is 0.459 e. The molecule has 0 saturated carbocycles. The van der Waals surface area contributed by atoms with Gasteiger partial charge in [0.1, 0.15) is 23.9 Å². The topological polar surface area (TPSA) is 130 Å². The first-order chi connectivity index (χ1) is 25.7. The maximum Gasteiger partial charge on any atom is 0.430 e. The van der Waals surface area contributed by atoms with Crippen LogP contribution in [0.4, 0.5) is 13.2 Å². The molecule has 0 fully saturated rings.